The monoisotopic (exact) mass is 368 g/mol. The Kier molecular flexibility index (Phi) is 5.91. The molecule has 4 nitrogen and oxygen atoms in total. The molecule has 8 heteroatoms. The minimum atomic E-state index is -0.536. The smallest absolute Gasteiger partial charge is 0.228 e. The van der Waals surface area contributed by atoms with Gasteiger partial charge in [0.25, 0.3) is 0 Å². The lowest BCUT2D eigenvalue weighted by atomic mass is 10.0. The zero-order valence-electron chi connectivity index (χ0n) is 11.7. The van der Waals surface area contributed by atoms with Crippen molar-refractivity contribution in [3.05, 3.63) is 33.6 Å². The van der Waals surface area contributed by atoms with Crippen molar-refractivity contribution in [2.45, 2.75) is 6.10 Å². The average molecular weight is 370 g/mol. The maximum atomic E-state index is 13.6. The summed E-state index contributed by atoms with van der Waals surface area (Å²) in [6.07, 6.45) is -0.421. The molecule has 22 heavy (non-hydrogen) atoms. The van der Waals surface area contributed by atoms with Crippen molar-refractivity contribution in [1.29, 1.82) is 0 Å². The summed E-state index contributed by atoms with van der Waals surface area (Å²) in [5.74, 6) is -0.375. The molecule has 0 saturated carbocycles. The zero-order chi connectivity index (χ0) is 15.0. The number of hydrogen-bond donors (Lipinski definition) is 1. The molecular formula is C14H16Cl3FN2O2. The Bertz CT molecular complexity index is 569. The Morgan fingerprint density at radius 3 is 2.68 bits per heavy atom. The van der Waals surface area contributed by atoms with E-state index in [1.165, 1.54) is 12.1 Å². The van der Waals surface area contributed by atoms with Gasteiger partial charge in [-0.1, -0.05) is 23.2 Å². The van der Waals surface area contributed by atoms with Gasteiger partial charge in [-0.2, -0.15) is 0 Å². The number of amides is 1. The summed E-state index contributed by atoms with van der Waals surface area (Å²) < 4.78 is 19.3. The van der Waals surface area contributed by atoms with Crippen LogP contribution in [0.1, 0.15) is 11.7 Å². The zero-order valence-corrected chi connectivity index (χ0v) is 14.0. The lowest BCUT2D eigenvalue weighted by Crippen LogP contribution is -2.54. The van der Waals surface area contributed by atoms with Gasteiger partial charge in [0, 0.05) is 30.2 Å². The molecule has 1 N–H and O–H groups in total. The first kappa shape index (κ1) is 17.8. The Morgan fingerprint density at radius 1 is 1.32 bits per heavy atom. The molecule has 1 aromatic carbocycles. The number of nitrogens with one attached hydrogen (secondary N) is 1. The van der Waals surface area contributed by atoms with E-state index in [2.05, 4.69) is 5.32 Å². The van der Waals surface area contributed by atoms with Crippen LogP contribution < -0.4 is 5.32 Å². The molecule has 1 aromatic rings. The Balaban J connectivity index is 0.00000176. The SMILES string of the molecule is Cl.O=C(C1CNC1)N1CCOC(c2cc(F)c(Cl)cc2Cl)C1. The van der Waals surface area contributed by atoms with E-state index >= 15 is 0 Å². The maximum absolute atomic E-state index is 13.6. The first-order valence-electron chi connectivity index (χ1n) is 6.82. The van der Waals surface area contributed by atoms with Crippen LogP contribution in [0.4, 0.5) is 4.39 Å². The highest BCUT2D eigenvalue weighted by Crippen LogP contribution is 2.32. The molecule has 0 spiro atoms. The number of carbonyl (C=O) groups is 1. The number of rotatable bonds is 2. The van der Waals surface area contributed by atoms with Gasteiger partial charge in [-0.15, -0.1) is 12.4 Å². The van der Waals surface area contributed by atoms with Gasteiger partial charge in [-0.25, -0.2) is 4.39 Å². The predicted molar refractivity (Wildman–Crippen MR) is 85.3 cm³/mol. The number of hydrogen-bond acceptors (Lipinski definition) is 3. The molecular weight excluding hydrogens is 354 g/mol. The largest absolute Gasteiger partial charge is 0.370 e. The highest BCUT2D eigenvalue weighted by Gasteiger charge is 2.33. The fraction of sp³-hybridized carbons (Fsp3) is 0.500. The summed E-state index contributed by atoms with van der Waals surface area (Å²) >= 11 is 11.8. The first-order valence-corrected chi connectivity index (χ1v) is 7.57. The third-order valence-electron chi connectivity index (χ3n) is 3.90. The third kappa shape index (κ3) is 3.49. The Hall–Kier alpha value is -0.590. The van der Waals surface area contributed by atoms with Crippen molar-refractivity contribution >= 4 is 41.5 Å². The van der Waals surface area contributed by atoms with E-state index < -0.39 is 11.9 Å². The van der Waals surface area contributed by atoms with Crippen molar-refractivity contribution in [2.24, 2.45) is 5.92 Å². The van der Waals surface area contributed by atoms with Crippen LogP contribution in [0.5, 0.6) is 0 Å². The van der Waals surface area contributed by atoms with Crippen LogP contribution in [0, 0.1) is 11.7 Å². The molecule has 2 saturated heterocycles. The van der Waals surface area contributed by atoms with Crippen molar-refractivity contribution in [3.8, 4) is 0 Å². The molecule has 1 atom stereocenters. The van der Waals surface area contributed by atoms with Gasteiger partial charge >= 0.3 is 0 Å². The summed E-state index contributed by atoms with van der Waals surface area (Å²) in [7, 11) is 0. The second-order valence-electron chi connectivity index (χ2n) is 5.29. The highest BCUT2D eigenvalue weighted by atomic mass is 35.5. The molecule has 2 heterocycles. The topological polar surface area (TPSA) is 41.6 Å². The van der Waals surface area contributed by atoms with Crippen molar-refractivity contribution in [1.82, 2.24) is 10.2 Å². The summed E-state index contributed by atoms with van der Waals surface area (Å²) in [4.78, 5) is 14.0. The molecule has 2 aliphatic heterocycles. The Morgan fingerprint density at radius 2 is 2.05 bits per heavy atom. The van der Waals surface area contributed by atoms with Crippen LogP contribution in [-0.2, 0) is 9.53 Å². The fourth-order valence-electron chi connectivity index (χ4n) is 2.54. The molecule has 2 aliphatic rings. The number of halogens is 4. The van der Waals surface area contributed by atoms with E-state index in [-0.39, 0.29) is 29.3 Å². The van der Waals surface area contributed by atoms with Crippen LogP contribution in [0.3, 0.4) is 0 Å². The van der Waals surface area contributed by atoms with Gasteiger partial charge in [-0.05, 0) is 12.1 Å². The molecule has 122 valence electrons. The second kappa shape index (κ2) is 7.32. The molecule has 1 amide bonds. The predicted octanol–water partition coefficient (Wildman–Crippen LogP) is 2.67. The second-order valence-corrected chi connectivity index (χ2v) is 6.10. The standard InChI is InChI=1S/C14H15Cl2FN2O2.ClH/c15-10-4-11(16)12(17)3-9(10)13-7-19(1-2-21-13)14(20)8-5-18-6-8;/h3-4,8,13,18H,1-2,5-7H2;1H. The minimum Gasteiger partial charge on any atom is -0.370 e. The maximum Gasteiger partial charge on any atom is 0.228 e. The van der Waals surface area contributed by atoms with Crippen molar-refractivity contribution in [2.75, 3.05) is 32.8 Å². The summed E-state index contributed by atoms with van der Waals surface area (Å²) in [6.45, 7) is 2.79. The fourth-order valence-corrected chi connectivity index (χ4v) is 3.05. The van der Waals surface area contributed by atoms with Gasteiger partial charge in [0.15, 0.2) is 0 Å². The lowest BCUT2D eigenvalue weighted by Gasteiger charge is -2.37. The number of nitrogens with zero attached hydrogens (tertiary/aromatic N) is 1. The van der Waals surface area contributed by atoms with Gasteiger partial charge in [-0.3, -0.25) is 4.79 Å². The number of morpholine rings is 1. The van der Waals surface area contributed by atoms with E-state index in [4.69, 9.17) is 27.9 Å². The van der Waals surface area contributed by atoms with Crippen LogP contribution in [-0.4, -0.2) is 43.6 Å². The normalized spacial score (nSPS) is 22.0. The summed E-state index contributed by atoms with van der Waals surface area (Å²) in [6, 6.07) is 2.65. The Labute approximate surface area is 144 Å². The molecule has 0 bridgehead atoms. The molecule has 0 radical (unpaired) electrons. The number of benzene rings is 1. The molecule has 3 rings (SSSR count). The van der Waals surface area contributed by atoms with Crippen LogP contribution in [0.2, 0.25) is 10.0 Å². The summed E-state index contributed by atoms with van der Waals surface area (Å²) in [5.41, 5.74) is 0.530. The van der Waals surface area contributed by atoms with E-state index in [1.807, 2.05) is 0 Å². The van der Waals surface area contributed by atoms with Crippen LogP contribution in [0.25, 0.3) is 0 Å². The van der Waals surface area contributed by atoms with E-state index in [1.54, 1.807) is 4.90 Å². The molecule has 1 unspecified atom stereocenters. The minimum absolute atomic E-state index is 0. The van der Waals surface area contributed by atoms with E-state index in [9.17, 15) is 9.18 Å². The van der Waals surface area contributed by atoms with E-state index in [0.29, 0.717) is 30.3 Å². The van der Waals surface area contributed by atoms with Crippen LogP contribution in [0.15, 0.2) is 12.1 Å². The molecule has 0 aliphatic carbocycles. The van der Waals surface area contributed by atoms with Crippen molar-refractivity contribution < 1.29 is 13.9 Å². The number of ether oxygens (including phenoxy) is 1. The number of carbonyl (C=O) groups excluding carboxylic acids is 1. The average Bonchev–Trinajstić information content (AvgIpc) is 2.41. The first-order chi connectivity index (χ1) is 10.1. The van der Waals surface area contributed by atoms with Gasteiger partial charge in [0.1, 0.15) is 11.9 Å². The molecule has 0 aromatic heterocycles. The highest BCUT2D eigenvalue weighted by molar-refractivity contribution is 6.35. The van der Waals surface area contributed by atoms with Crippen molar-refractivity contribution in [3.63, 3.8) is 0 Å². The summed E-state index contributed by atoms with van der Waals surface area (Å²) in [5, 5.41) is 3.42. The third-order valence-corrected chi connectivity index (χ3v) is 4.51. The molecule has 2 fully saturated rings. The van der Waals surface area contributed by atoms with E-state index in [0.717, 1.165) is 13.1 Å². The quantitative estimate of drug-likeness (QED) is 0.815. The van der Waals surface area contributed by atoms with Crippen LogP contribution >= 0.6 is 35.6 Å². The van der Waals surface area contributed by atoms with Gasteiger partial charge in [0.05, 0.1) is 24.1 Å². The van der Waals surface area contributed by atoms with Gasteiger partial charge < -0.3 is 15.0 Å². The van der Waals surface area contributed by atoms with Gasteiger partial charge in [0.2, 0.25) is 5.91 Å². The lowest BCUT2D eigenvalue weighted by molar-refractivity contribution is -0.144.